The number of aryl methyl sites for hydroxylation is 1. The summed E-state index contributed by atoms with van der Waals surface area (Å²) in [6.07, 6.45) is 2.55. The summed E-state index contributed by atoms with van der Waals surface area (Å²) in [6, 6.07) is 15.1. The Hall–Kier alpha value is -3.29. The fourth-order valence-corrected chi connectivity index (χ4v) is 3.81. The number of halogens is 1. The van der Waals surface area contributed by atoms with E-state index in [1.165, 1.54) is 4.90 Å². The van der Waals surface area contributed by atoms with Crippen molar-refractivity contribution in [1.29, 1.82) is 0 Å². The number of carbonyl (C=O) groups excluding carboxylic acids is 3. The van der Waals surface area contributed by atoms with E-state index in [2.05, 4.69) is 15.6 Å². The van der Waals surface area contributed by atoms with Crippen LogP contribution in [0, 0.1) is 0 Å². The number of benzene rings is 2. The third-order valence-electron chi connectivity index (χ3n) is 5.68. The summed E-state index contributed by atoms with van der Waals surface area (Å²) in [5, 5.41) is 6.36. The first-order valence-corrected chi connectivity index (χ1v) is 10.3. The zero-order chi connectivity index (χ0) is 22.0. The normalized spacial score (nSPS) is 16.5. The van der Waals surface area contributed by atoms with Crippen LogP contribution in [0.25, 0.3) is 10.9 Å². The summed E-state index contributed by atoms with van der Waals surface area (Å²) >= 11 is 0. The van der Waals surface area contributed by atoms with Crippen LogP contribution < -0.4 is 15.5 Å². The Bertz CT molecular complexity index is 1160. The molecule has 0 saturated heterocycles. The van der Waals surface area contributed by atoms with Crippen LogP contribution in [0.4, 0.5) is 5.69 Å². The highest BCUT2D eigenvalue weighted by Gasteiger charge is 2.36. The number of amides is 3. The lowest BCUT2D eigenvalue weighted by molar-refractivity contribution is -0.128. The number of carbonyl (C=O) groups is 3. The smallest absolute Gasteiger partial charge is 0.265 e. The maximum Gasteiger partial charge on any atom is 0.265 e. The van der Waals surface area contributed by atoms with E-state index in [4.69, 9.17) is 0 Å². The van der Waals surface area contributed by atoms with Crippen LogP contribution in [0.2, 0.25) is 0 Å². The number of likely N-dealkylation sites (N-methyl/N-ethyl adjacent to an activating group) is 1. The zero-order valence-corrected chi connectivity index (χ0v) is 18.7. The monoisotopic (exact) mass is 452 g/mol. The molecule has 1 aromatic heterocycles. The van der Waals surface area contributed by atoms with Gasteiger partial charge in [0.25, 0.3) is 11.8 Å². The van der Waals surface area contributed by atoms with Gasteiger partial charge in [-0.2, -0.15) is 0 Å². The summed E-state index contributed by atoms with van der Waals surface area (Å²) in [5.41, 5.74) is 2.51. The molecule has 2 atom stereocenters. The van der Waals surface area contributed by atoms with Crippen molar-refractivity contribution in [3.63, 3.8) is 0 Å². The van der Waals surface area contributed by atoms with Crippen molar-refractivity contribution >= 4 is 46.7 Å². The van der Waals surface area contributed by atoms with Gasteiger partial charge in [-0.25, -0.2) is 4.90 Å². The van der Waals surface area contributed by atoms with Crippen molar-refractivity contribution in [3.8, 4) is 0 Å². The SMILES string of the molecule is CN[C@@H](C)C(=O)N[C@H]1CCc2ccccc2N(C(=O)c2ccnc3ccccc23)C1=O.Cl. The number of fused-ring (bicyclic) bond motifs is 2. The zero-order valence-electron chi connectivity index (χ0n) is 17.9. The Kier molecular flexibility index (Phi) is 7.22. The Morgan fingerprint density at radius 2 is 1.81 bits per heavy atom. The van der Waals surface area contributed by atoms with Gasteiger partial charge in [-0.05, 0) is 50.6 Å². The molecule has 0 fully saturated rings. The molecular weight excluding hydrogens is 428 g/mol. The van der Waals surface area contributed by atoms with Crippen molar-refractivity contribution < 1.29 is 14.4 Å². The molecule has 32 heavy (non-hydrogen) atoms. The Morgan fingerprint density at radius 1 is 1.09 bits per heavy atom. The van der Waals surface area contributed by atoms with E-state index in [9.17, 15) is 14.4 Å². The molecule has 0 saturated carbocycles. The van der Waals surface area contributed by atoms with E-state index < -0.39 is 23.9 Å². The largest absolute Gasteiger partial charge is 0.343 e. The average Bonchev–Trinajstić information content (AvgIpc) is 2.94. The molecule has 2 aromatic carbocycles. The van der Waals surface area contributed by atoms with Crippen molar-refractivity contribution in [2.75, 3.05) is 11.9 Å². The molecule has 0 bridgehead atoms. The number of imide groups is 1. The number of pyridine rings is 1. The highest BCUT2D eigenvalue weighted by atomic mass is 35.5. The minimum Gasteiger partial charge on any atom is -0.343 e. The lowest BCUT2D eigenvalue weighted by Gasteiger charge is -2.25. The van der Waals surface area contributed by atoms with Crippen LogP contribution in [0.3, 0.4) is 0 Å². The van der Waals surface area contributed by atoms with Gasteiger partial charge < -0.3 is 10.6 Å². The minimum atomic E-state index is -0.798. The lowest BCUT2D eigenvalue weighted by Crippen LogP contribution is -2.53. The van der Waals surface area contributed by atoms with Gasteiger partial charge >= 0.3 is 0 Å². The van der Waals surface area contributed by atoms with Crippen LogP contribution in [-0.2, 0) is 16.0 Å². The number of aromatic nitrogens is 1. The lowest BCUT2D eigenvalue weighted by atomic mass is 10.1. The van der Waals surface area contributed by atoms with Gasteiger partial charge in [0.1, 0.15) is 6.04 Å². The quantitative estimate of drug-likeness (QED) is 0.594. The highest BCUT2D eigenvalue weighted by Crippen LogP contribution is 2.30. The molecular formula is C24H25ClN4O3. The van der Waals surface area contributed by atoms with Gasteiger partial charge in [-0.15, -0.1) is 12.4 Å². The van der Waals surface area contributed by atoms with Gasteiger partial charge in [-0.1, -0.05) is 36.4 Å². The molecule has 2 N–H and O–H groups in total. The maximum atomic E-state index is 13.7. The van der Waals surface area contributed by atoms with Gasteiger partial charge in [0.05, 0.1) is 22.8 Å². The van der Waals surface area contributed by atoms with Gasteiger partial charge in [0, 0.05) is 11.6 Å². The molecule has 0 unspecified atom stereocenters. The Morgan fingerprint density at radius 3 is 2.59 bits per heavy atom. The summed E-state index contributed by atoms with van der Waals surface area (Å²) in [4.78, 5) is 45.3. The number of hydrogen-bond acceptors (Lipinski definition) is 5. The molecule has 4 rings (SSSR count). The van der Waals surface area contributed by atoms with E-state index in [0.717, 1.165) is 5.56 Å². The molecule has 0 radical (unpaired) electrons. The Labute approximate surface area is 192 Å². The van der Waals surface area contributed by atoms with Gasteiger partial charge in [0.15, 0.2) is 0 Å². The molecule has 1 aliphatic rings. The van der Waals surface area contributed by atoms with Gasteiger partial charge in [0.2, 0.25) is 5.91 Å². The summed E-state index contributed by atoms with van der Waals surface area (Å²) in [6.45, 7) is 1.72. The molecule has 3 amide bonds. The first-order valence-electron chi connectivity index (χ1n) is 10.3. The van der Waals surface area contributed by atoms with Crippen LogP contribution >= 0.6 is 12.4 Å². The molecule has 7 nitrogen and oxygen atoms in total. The standard InChI is InChI=1S/C24H24N4O3.ClH/c1-15(25-2)22(29)27-20-12-11-16-7-3-6-10-21(16)28(24(20)31)23(30)18-13-14-26-19-9-5-4-8-17(18)19;/h3-10,13-15,20,25H,11-12H2,1-2H3,(H,27,29);1H/t15-,20-;/m0./s1. The number of nitrogens with one attached hydrogen (secondary N) is 2. The molecule has 1 aliphatic heterocycles. The molecule has 166 valence electrons. The third-order valence-corrected chi connectivity index (χ3v) is 5.68. The first kappa shape index (κ1) is 23.4. The van der Waals surface area contributed by atoms with Gasteiger partial charge in [-0.3, -0.25) is 19.4 Å². The summed E-state index contributed by atoms with van der Waals surface area (Å²) < 4.78 is 0. The third kappa shape index (κ3) is 4.35. The molecule has 0 spiro atoms. The second kappa shape index (κ2) is 9.89. The predicted molar refractivity (Wildman–Crippen MR) is 126 cm³/mol. The highest BCUT2D eigenvalue weighted by molar-refractivity contribution is 6.26. The van der Waals surface area contributed by atoms with Crippen molar-refractivity contribution in [2.24, 2.45) is 0 Å². The second-order valence-corrected chi connectivity index (χ2v) is 7.59. The number of para-hydroxylation sites is 2. The fraction of sp³-hybridized carbons (Fsp3) is 0.250. The molecule has 0 aliphatic carbocycles. The van der Waals surface area contributed by atoms with Crippen molar-refractivity contribution in [3.05, 3.63) is 71.9 Å². The van der Waals surface area contributed by atoms with E-state index in [1.807, 2.05) is 36.4 Å². The average molecular weight is 453 g/mol. The van der Waals surface area contributed by atoms with E-state index >= 15 is 0 Å². The number of hydrogen-bond donors (Lipinski definition) is 2. The fourth-order valence-electron chi connectivity index (χ4n) is 3.81. The Balaban J connectivity index is 0.00000289. The van der Waals surface area contributed by atoms with Crippen LogP contribution in [0.1, 0.15) is 29.3 Å². The summed E-state index contributed by atoms with van der Waals surface area (Å²) in [7, 11) is 1.68. The van der Waals surface area contributed by atoms with Crippen LogP contribution in [0.15, 0.2) is 60.8 Å². The minimum absolute atomic E-state index is 0. The number of rotatable bonds is 4. The first-order chi connectivity index (χ1) is 15.0. The van der Waals surface area contributed by atoms with Crippen molar-refractivity contribution in [2.45, 2.75) is 31.8 Å². The maximum absolute atomic E-state index is 13.7. The van der Waals surface area contributed by atoms with Crippen LogP contribution in [-0.4, -0.2) is 41.8 Å². The number of nitrogens with zero attached hydrogens (tertiary/aromatic N) is 2. The molecule has 3 aromatic rings. The topological polar surface area (TPSA) is 91.4 Å². The van der Waals surface area contributed by atoms with E-state index in [-0.39, 0.29) is 18.3 Å². The predicted octanol–water partition coefficient (Wildman–Crippen LogP) is 2.87. The van der Waals surface area contributed by atoms with E-state index in [1.54, 1.807) is 38.4 Å². The van der Waals surface area contributed by atoms with E-state index in [0.29, 0.717) is 35.0 Å². The van der Waals surface area contributed by atoms with Crippen LogP contribution in [0.5, 0.6) is 0 Å². The molecule has 2 heterocycles. The summed E-state index contributed by atoms with van der Waals surface area (Å²) in [5.74, 6) is -1.15. The van der Waals surface area contributed by atoms with Crippen molar-refractivity contribution in [1.82, 2.24) is 15.6 Å². The molecule has 8 heteroatoms. The number of anilines is 1. The second-order valence-electron chi connectivity index (χ2n) is 7.59.